The third kappa shape index (κ3) is 4.49. The molecule has 1 aromatic heterocycles. The highest BCUT2D eigenvalue weighted by Crippen LogP contribution is 2.31. The predicted molar refractivity (Wildman–Crippen MR) is 82.3 cm³/mol. The molecule has 0 saturated heterocycles. The van der Waals surface area contributed by atoms with Crippen LogP contribution in [0, 0.1) is 0 Å². The molecular formula is C14H16F2N2O4S. The van der Waals surface area contributed by atoms with Gasteiger partial charge in [0.05, 0.1) is 23.1 Å². The number of fused-ring (bicyclic) bond motifs is 1. The summed E-state index contributed by atoms with van der Waals surface area (Å²) in [6, 6.07) is 5.68. The van der Waals surface area contributed by atoms with E-state index >= 15 is 0 Å². The third-order valence-corrected chi connectivity index (χ3v) is 4.51. The van der Waals surface area contributed by atoms with Gasteiger partial charge in [0.25, 0.3) is 0 Å². The van der Waals surface area contributed by atoms with E-state index in [1.54, 1.807) is 13.0 Å². The Morgan fingerprint density at radius 2 is 2.04 bits per heavy atom. The first-order chi connectivity index (χ1) is 10.8. The Morgan fingerprint density at radius 1 is 1.30 bits per heavy atom. The molecule has 1 N–H and O–H groups in total. The predicted octanol–water partition coefficient (Wildman–Crippen LogP) is 2.61. The van der Waals surface area contributed by atoms with E-state index < -0.39 is 22.7 Å². The molecule has 6 nitrogen and oxygen atoms in total. The fourth-order valence-electron chi connectivity index (χ4n) is 2.01. The van der Waals surface area contributed by atoms with Gasteiger partial charge in [-0.3, -0.25) is 9.71 Å². The maximum absolute atomic E-state index is 12.4. The van der Waals surface area contributed by atoms with Gasteiger partial charge >= 0.3 is 6.61 Å². The number of alkyl halides is 2. The van der Waals surface area contributed by atoms with Gasteiger partial charge < -0.3 is 9.47 Å². The second-order valence-electron chi connectivity index (χ2n) is 4.82. The molecule has 126 valence electrons. The highest BCUT2D eigenvalue weighted by molar-refractivity contribution is 7.92. The molecule has 2 rings (SSSR count). The van der Waals surface area contributed by atoms with E-state index in [4.69, 9.17) is 4.74 Å². The molecule has 0 saturated carbocycles. The smallest absolute Gasteiger partial charge is 0.387 e. The van der Waals surface area contributed by atoms with Crippen LogP contribution in [-0.4, -0.2) is 39.0 Å². The van der Waals surface area contributed by atoms with Crippen LogP contribution < -0.4 is 9.46 Å². The Hall–Kier alpha value is -2.00. The van der Waals surface area contributed by atoms with E-state index in [-0.39, 0.29) is 28.1 Å². The molecule has 0 fully saturated rings. The van der Waals surface area contributed by atoms with Crippen LogP contribution in [0.4, 0.5) is 14.5 Å². The van der Waals surface area contributed by atoms with E-state index in [1.807, 2.05) is 0 Å². The van der Waals surface area contributed by atoms with Crippen LogP contribution in [-0.2, 0) is 14.8 Å². The van der Waals surface area contributed by atoms with Crippen LogP contribution >= 0.6 is 0 Å². The number of anilines is 1. The van der Waals surface area contributed by atoms with Crippen molar-refractivity contribution in [3.63, 3.8) is 0 Å². The number of nitrogens with zero attached hydrogens (tertiary/aromatic N) is 1. The van der Waals surface area contributed by atoms with Crippen LogP contribution in [0.2, 0.25) is 0 Å². The Morgan fingerprint density at radius 3 is 2.70 bits per heavy atom. The Kier molecular flexibility index (Phi) is 5.32. The van der Waals surface area contributed by atoms with Crippen LogP contribution in [0.25, 0.3) is 10.9 Å². The molecule has 23 heavy (non-hydrogen) atoms. The fraction of sp³-hybridized carbons (Fsp3) is 0.357. The van der Waals surface area contributed by atoms with Gasteiger partial charge in [-0.2, -0.15) is 8.78 Å². The summed E-state index contributed by atoms with van der Waals surface area (Å²) in [5.41, 5.74) is 0.407. The first-order valence-corrected chi connectivity index (χ1v) is 8.33. The lowest BCUT2D eigenvalue weighted by Crippen LogP contribution is -2.25. The number of halogens is 2. The normalized spacial score (nSPS) is 13.3. The van der Waals surface area contributed by atoms with Gasteiger partial charge in [0, 0.05) is 18.7 Å². The van der Waals surface area contributed by atoms with Crippen molar-refractivity contribution in [2.75, 3.05) is 17.6 Å². The van der Waals surface area contributed by atoms with Crippen molar-refractivity contribution in [3.05, 3.63) is 30.5 Å². The van der Waals surface area contributed by atoms with Crippen molar-refractivity contribution in [1.82, 2.24) is 4.98 Å². The summed E-state index contributed by atoms with van der Waals surface area (Å²) in [5, 5.41) is 0.285. The minimum Gasteiger partial charge on any atom is -0.434 e. The Bertz CT molecular complexity index is 783. The van der Waals surface area contributed by atoms with Gasteiger partial charge in [0.15, 0.2) is 0 Å². The van der Waals surface area contributed by atoms with Crippen molar-refractivity contribution in [3.8, 4) is 5.75 Å². The molecule has 0 unspecified atom stereocenters. The minimum atomic E-state index is -3.68. The molecule has 1 heterocycles. The zero-order valence-electron chi connectivity index (χ0n) is 12.5. The molecule has 9 heteroatoms. The fourth-order valence-corrected chi connectivity index (χ4v) is 3.35. The maximum atomic E-state index is 12.4. The highest BCUT2D eigenvalue weighted by atomic mass is 32.2. The highest BCUT2D eigenvalue weighted by Gasteiger charge is 2.18. The molecular weight excluding hydrogens is 330 g/mol. The molecule has 1 aromatic carbocycles. The van der Waals surface area contributed by atoms with Crippen molar-refractivity contribution in [2.45, 2.75) is 19.6 Å². The molecule has 0 spiro atoms. The quantitative estimate of drug-likeness (QED) is 0.834. The van der Waals surface area contributed by atoms with Gasteiger partial charge in [-0.25, -0.2) is 8.42 Å². The summed E-state index contributed by atoms with van der Waals surface area (Å²) < 4.78 is 60.8. The van der Waals surface area contributed by atoms with E-state index in [1.165, 1.54) is 31.5 Å². The number of sulfonamides is 1. The number of pyridine rings is 1. The van der Waals surface area contributed by atoms with Gasteiger partial charge in [-0.05, 0) is 31.2 Å². The first-order valence-electron chi connectivity index (χ1n) is 6.68. The number of rotatable bonds is 7. The van der Waals surface area contributed by atoms with Gasteiger partial charge in [-0.1, -0.05) is 0 Å². The molecule has 0 bridgehead atoms. The summed E-state index contributed by atoms with van der Waals surface area (Å²) in [6.07, 6.45) is 0.942. The number of hydrogen-bond donors (Lipinski definition) is 1. The number of methoxy groups -OCH3 is 1. The molecule has 0 aliphatic heterocycles. The number of hydrogen-bond acceptors (Lipinski definition) is 5. The number of ether oxygens (including phenoxy) is 2. The second kappa shape index (κ2) is 7.05. The molecule has 0 amide bonds. The van der Waals surface area contributed by atoms with E-state index in [9.17, 15) is 17.2 Å². The standard InChI is InChI=1S/C14H16F2N2O4S/c1-9(21-2)8-23(19,20)18-11-5-6-12(22-14(15)16)10-4-3-7-17-13(10)11/h3-7,9,14,18H,8H2,1-2H3/t9-/m0/s1. The van der Waals surface area contributed by atoms with Crippen molar-refractivity contribution >= 4 is 26.6 Å². The van der Waals surface area contributed by atoms with Crippen LogP contribution in [0.1, 0.15) is 6.92 Å². The van der Waals surface area contributed by atoms with E-state index in [0.29, 0.717) is 0 Å². The van der Waals surface area contributed by atoms with Crippen molar-refractivity contribution < 1.29 is 26.7 Å². The monoisotopic (exact) mass is 346 g/mol. The summed E-state index contributed by atoms with van der Waals surface area (Å²) >= 11 is 0. The summed E-state index contributed by atoms with van der Waals surface area (Å²) in [4.78, 5) is 4.05. The van der Waals surface area contributed by atoms with Gasteiger partial charge in [-0.15, -0.1) is 0 Å². The Labute approximate surface area is 132 Å². The molecule has 1 atom stereocenters. The second-order valence-corrected chi connectivity index (χ2v) is 6.59. The average Bonchev–Trinajstić information content (AvgIpc) is 2.48. The largest absolute Gasteiger partial charge is 0.434 e. The molecule has 2 aromatic rings. The number of benzene rings is 1. The lowest BCUT2D eigenvalue weighted by atomic mass is 10.2. The molecule has 0 aliphatic carbocycles. The molecule has 0 aliphatic rings. The summed E-state index contributed by atoms with van der Waals surface area (Å²) in [5.74, 6) is -0.316. The average molecular weight is 346 g/mol. The van der Waals surface area contributed by atoms with Gasteiger partial charge in [0.1, 0.15) is 5.75 Å². The number of nitrogens with one attached hydrogen (secondary N) is 1. The Balaban J connectivity index is 2.39. The van der Waals surface area contributed by atoms with Crippen molar-refractivity contribution in [1.29, 1.82) is 0 Å². The first kappa shape index (κ1) is 17.4. The van der Waals surface area contributed by atoms with Gasteiger partial charge in [0.2, 0.25) is 10.0 Å². The SMILES string of the molecule is CO[C@@H](C)CS(=O)(=O)Nc1ccc(OC(F)F)c2cccnc12. The van der Waals surface area contributed by atoms with E-state index in [0.717, 1.165) is 0 Å². The van der Waals surface area contributed by atoms with Crippen LogP contribution in [0.15, 0.2) is 30.5 Å². The number of aromatic nitrogens is 1. The molecule has 0 radical (unpaired) electrons. The zero-order chi connectivity index (χ0) is 17.0. The topological polar surface area (TPSA) is 77.5 Å². The maximum Gasteiger partial charge on any atom is 0.387 e. The van der Waals surface area contributed by atoms with E-state index in [2.05, 4.69) is 14.4 Å². The summed E-state index contributed by atoms with van der Waals surface area (Å²) in [7, 11) is -2.27. The summed E-state index contributed by atoms with van der Waals surface area (Å²) in [6.45, 7) is -1.36. The lowest BCUT2D eigenvalue weighted by Gasteiger charge is -2.14. The third-order valence-electron chi connectivity index (χ3n) is 3.07. The van der Waals surface area contributed by atoms with Crippen molar-refractivity contribution in [2.24, 2.45) is 0 Å². The lowest BCUT2D eigenvalue weighted by molar-refractivity contribution is -0.0487. The van der Waals surface area contributed by atoms with Crippen LogP contribution in [0.5, 0.6) is 5.75 Å². The minimum absolute atomic E-state index is 0.0729. The van der Waals surface area contributed by atoms with Crippen LogP contribution in [0.3, 0.4) is 0 Å². The zero-order valence-corrected chi connectivity index (χ0v) is 13.3.